The van der Waals surface area contributed by atoms with Gasteiger partial charge in [-0.25, -0.2) is 13.1 Å². The molecular weight excluding hydrogens is 262 g/mol. The molecule has 0 aliphatic carbocycles. The highest BCUT2D eigenvalue weighted by atomic mass is 32.2. The van der Waals surface area contributed by atoms with Gasteiger partial charge >= 0.3 is 0 Å². The molecule has 0 bridgehead atoms. The van der Waals surface area contributed by atoms with Crippen LogP contribution in [-0.2, 0) is 15.8 Å². The Balaban J connectivity index is 2.61. The van der Waals surface area contributed by atoms with Crippen LogP contribution in [0.3, 0.4) is 0 Å². The third-order valence-corrected chi connectivity index (χ3v) is 3.89. The quantitative estimate of drug-likeness (QED) is 0.780. The lowest BCUT2D eigenvalue weighted by atomic mass is 10.2. The molecule has 5 nitrogen and oxygen atoms in total. The lowest BCUT2D eigenvalue weighted by Gasteiger charge is -2.13. The number of benzene rings is 1. The Kier molecular flexibility index (Phi) is 5.96. The minimum atomic E-state index is -3.37. The van der Waals surface area contributed by atoms with Gasteiger partial charge in [0.15, 0.2) is 0 Å². The van der Waals surface area contributed by atoms with Crippen molar-refractivity contribution < 1.29 is 8.42 Å². The first kappa shape index (κ1) is 15.6. The van der Waals surface area contributed by atoms with Crippen LogP contribution in [0, 0.1) is 11.3 Å². The van der Waals surface area contributed by atoms with Crippen molar-refractivity contribution in [3.8, 4) is 6.07 Å². The van der Waals surface area contributed by atoms with Gasteiger partial charge in [-0.1, -0.05) is 19.1 Å². The molecule has 0 saturated heterocycles. The number of likely N-dealkylation sites (N-methyl/N-ethyl adjacent to an activating group) is 1. The summed E-state index contributed by atoms with van der Waals surface area (Å²) in [5.41, 5.74) is 1.08. The molecule has 0 saturated carbocycles. The second-order valence-electron chi connectivity index (χ2n) is 4.38. The fourth-order valence-corrected chi connectivity index (χ4v) is 2.90. The van der Waals surface area contributed by atoms with Gasteiger partial charge < -0.3 is 5.32 Å². The van der Waals surface area contributed by atoms with E-state index in [9.17, 15) is 8.42 Å². The maximum Gasteiger partial charge on any atom is 0.215 e. The number of nitrogens with one attached hydrogen (secondary N) is 2. The number of hydrogen-bond acceptors (Lipinski definition) is 4. The third kappa shape index (κ3) is 5.83. The molecule has 1 atom stereocenters. The highest BCUT2D eigenvalue weighted by Crippen LogP contribution is 2.07. The van der Waals surface area contributed by atoms with Crippen LogP contribution < -0.4 is 10.0 Å². The van der Waals surface area contributed by atoms with E-state index in [2.05, 4.69) is 10.0 Å². The van der Waals surface area contributed by atoms with Crippen molar-refractivity contribution >= 4 is 10.0 Å². The number of nitriles is 1. The van der Waals surface area contributed by atoms with Crippen molar-refractivity contribution in [2.45, 2.75) is 25.6 Å². The minimum absolute atomic E-state index is 0.0882. The molecule has 0 radical (unpaired) electrons. The van der Waals surface area contributed by atoms with Crippen LogP contribution in [0.2, 0.25) is 0 Å². The van der Waals surface area contributed by atoms with Gasteiger partial charge in [0.25, 0.3) is 0 Å². The van der Waals surface area contributed by atoms with Gasteiger partial charge in [0, 0.05) is 12.6 Å². The fraction of sp³-hybridized carbons (Fsp3) is 0.462. The summed E-state index contributed by atoms with van der Waals surface area (Å²) >= 11 is 0. The Bertz CT molecular complexity index is 549. The van der Waals surface area contributed by atoms with Crippen LogP contribution in [0.15, 0.2) is 24.3 Å². The van der Waals surface area contributed by atoms with E-state index >= 15 is 0 Å². The smallest absolute Gasteiger partial charge is 0.215 e. The molecule has 0 spiro atoms. The monoisotopic (exact) mass is 281 g/mol. The maximum absolute atomic E-state index is 11.9. The molecule has 0 fully saturated rings. The predicted molar refractivity (Wildman–Crippen MR) is 74.9 cm³/mol. The molecule has 0 aromatic heterocycles. The molecule has 0 amide bonds. The van der Waals surface area contributed by atoms with Crippen molar-refractivity contribution in [2.24, 2.45) is 0 Å². The first-order chi connectivity index (χ1) is 8.96. The zero-order chi connectivity index (χ0) is 14.3. The molecule has 0 heterocycles. The summed E-state index contributed by atoms with van der Waals surface area (Å²) in [5.74, 6) is -0.110. The average Bonchev–Trinajstić information content (AvgIpc) is 2.37. The number of hydrogen-bond donors (Lipinski definition) is 2. The Morgan fingerprint density at radius 2 is 2.16 bits per heavy atom. The summed E-state index contributed by atoms with van der Waals surface area (Å²) in [6.07, 6.45) is 0. The van der Waals surface area contributed by atoms with E-state index in [4.69, 9.17) is 5.26 Å². The Hall–Kier alpha value is -1.42. The summed E-state index contributed by atoms with van der Waals surface area (Å²) in [4.78, 5) is 0. The lowest BCUT2D eigenvalue weighted by molar-refractivity contribution is 0.535. The highest BCUT2D eigenvalue weighted by molar-refractivity contribution is 7.88. The van der Waals surface area contributed by atoms with Gasteiger partial charge in [-0.15, -0.1) is 0 Å². The Morgan fingerprint density at radius 1 is 1.42 bits per heavy atom. The predicted octanol–water partition coefficient (Wildman–Crippen LogP) is 0.976. The fourth-order valence-electron chi connectivity index (χ4n) is 1.67. The van der Waals surface area contributed by atoms with Crippen molar-refractivity contribution in [3.63, 3.8) is 0 Å². The number of rotatable bonds is 7. The minimum Gasteiger partial charge on any atom is -0.313 e. The van der Waals surface area contributed by atoms with E-state index in [0.717, 1.165) is 6.54 Å². The zero-order valence-corrected chi connectivity index (χ0v) is 12.0. The van der Waals surface area contributed by atoms with E-state index in [0.29, 0.717) is 17.7 Å². The SMILES string of the molecule is CCN[C@H](C)CNS(=O)(=O)Cc1cccc(C#N)c1. The molecule has 104 valence electrons. The van der Waals surface area contributed by atoms with Gasteiger partial charge in [-0.2, -0.15) is 5.26 Å². The van der Waals surface area contributed by atoms with E-state index in [-0.39, 0.29) is 11.8 Å². The molecule has 19 heavy (non-hydrogen) atoms. The summed E-state index contributed by atoms with van der Waals surface area (Å²) in [5, 5.41) is 11.9. The molecule has 0 aliphatic heterocycles. The van der Waals surface area contributed by atoms with Gasteiger partial charge in [-0.3, -0.25) is 0 Å². The second kappa shape index (κ2) is 7.24. The van der Waals surface area contributed by atoms with Crippen LogP contribution in [-0.4, -0.2) is 27.5 Å². The van der Waals surface area contributed by atoms with Gasteiger partial charge in [-0.05, 0) is 31.2 Å². The van der Waals surface area contributed by atoms with E-state index in [1.807, 2.05) is 19.9 Å². The topological polar surface area (TPSA) is 82.0 Å². The normalized spacial score (nSPS) is 12.9. The average molecular weight is 281 g/mol. The van der Waals surface area contributed by atoms with Crippen molar-refractivity contribution in [1.82, 2.24) is 10.0 Å². The lowest BCUT2D eigenvalue weighted by Crippen LogP contribution is -2.39. The first-order valence-electron chi connectivity index (χ1n) is 6.16. The number of nitrogens with zero attached hydrogens (tertiary/aromatic N) is 1. The molecule has 0 unspecified atom stereocenters. The zero-order valence-electron chi connectivity index (χ0n) is 11.2. The molecule has 6 heteroatoms. The molecule has 0 aliphatic rings. The van der Waals surface area contributed by atoms with E-state index in [1.54, 1.807) is 24.3 Å². The van der Waals surface area contributed by atoms with Gasteiger partial charge in [0.05, 0.1) is 17.4 Å². The first-order valence-corrected chi connectivity index (χ1v) is 7.82. The van der Waals surface area contributed by atoms with Crippen molar-refractivity contribution in [3.05, 3.63) is 35.4 Å². The number of sulfonamides is 1. The summed E-state index contributed by atoms with van der Waals surface area (Å²) in [6.45, 7) is 5.04. The summed E-state index contributed by atoms with van der Waals surface area (Å²) in [6, 6.07) is 8.71. The largest absolute Gasteiger partial charge is 0.313 e. The molecule has 1 rings (SSSR count). The summed E-state index contributed by atoms with van der Waals surface area (Å²) < 4.78 is 26.3. The van der Waals surface area contributed by atoms with Crippen molar-refractivity contribution in [1.29, 1.82) is 5.26 Å². The molecule has 1 aromatic carbocycles. The van der Waals surface area contributed by atoms with E-state index in [1.165, 1.54) is 0 Å². The van der Waals surface area contributed by atoms with Crippen LogP contribution in [0.4, 0.5) is 0 Å². The highest BCUT2D eigenvalue weighted by Gasteiger charge is 2.13. The van der Waals surface area contributed by atoms with E-state index < -0.39 is 10.0 Å². The van der Waals surface area contributed by atoms with Crippen LogP contribution in [0.25, 0.3) is 0 Å². The van der Waals surface area contributed by atoms with Gasteiger partial charge in [0.1, 0.15) is 0 Å². The van der Waals surface area contributed by atoms with Gasteiger partial charge in [0.2, 0.25) is 10.0 Å². The molecule has 1 aromatic rings. The molecule has 2 N–H and O–H groups in total. The van der Waals surface area contributed by atoms with Crippen LogP contribution >= 0.6 is 0 Å². The maximum atomic E-state index is 11.9. The van der Waals surface area contributed by atoms with Crippen LogP contribution in [0.1, 0.15) is 25.0 Å². The second-order valence-corrected chi connectivity index (χ2v) is 6.19. The van der Waals surface area contributed by atoms with Crippen molar-refractivity contribution in [2.75, 3.05) is 13.1 Å². The Morgan fingerprint density at radius 3 is 2.79 bits per heavy atom. The van der Waals surface area contributed by atoms with Crippen LogP contribution in [0.5, 0.6) is 0 Å². The molecular formula is C13H19N3O2S. The standard InChI is InChI=1S/C13H19N3O2S/c1-3-15-11(2)9-16-19(17,18)10-13-6-4-5-12(7-13)8-14/h4-7,11,15-16H,3,9-10H2,1-2H3/t11-/m1/s1. The Labute approximate surface area is 114 Å². The third-order valence-electron chi connectivity index (χ3n) is 2.57. The summed E-state index contributed by atoms with van der Waals surface area (Å²) in [7, 11) is -3.37.